The third-order valence-corrected chi connectivity index (χ3v) is 3.90. The molecule has 1 aromatic carbocycles. The molecule has 110 valence electrons. The minimum absolute atomic E-state index is 0.0870. The number of carbonyl (C=O) groups excluding carboxylic acids is 1. The van der Waals surface area contributed by atoms with Crippen LogP contribution in [-0.2, 0) is 16.1 Å². The van der Waals surface area contributed by atoms with Gasteiger partial charge in [0.1, 0.15) is 5.82 Å². The number of carbonyl (C=O) groups is 1. The predicted molar refractivity (Wildman–Crippen MR) is 76.0 cm³/mol. The lowest BCUT2D eigenvalue weighted by Crippen LogP contribution is -2.39. The molecule has 1 aromatic rings. The van der Waals surface area contributed by atoms with E-state index in [0.29, 0.717) is 24.7 Å². The zero-order valence-corrected chi connectivity index (χ0v) is 12.3. The Kier molecular flexibility index (Phi) is 5.38. The average Bonchev–Trinajstić information content (AvgIpc) is 2.43. The minimum Gasteiger partial charge on any atom is -0.466 e. The summed E-state index contributed by atoms with van der Waals surface area (Å²) in [7, 11) is 0. The van der Waals surface area contributed by atoms with Crippen LogP contribution in [0.25, 0.3) is 0 Å². The van der Waals surface area contributed by atoms with Crippen molar-refractivity contribution in [3.8, 4) is 0 Å². The van der Waals surface area contributed by atoms with E-state index in [1.165, 1.54) is 12.1 Å². The lowest BCUT2D eigenvalue weighted by Gasteiger charge is -2.31. The maximum absolute atomic E-state index is 13.3. The van der Waals surface area contributed by atoms with Gasteiger partial charge in [-0.25, -0.2) is 4.39 Å². The third kappa shape index (κ3) is 3.93. The number of halogens is 2. The van der Waals surface area contributed by atoms with E-state index >= 15 is 0 Å². The van der Waals surface area contributed by atoms with Crippen LogP contribution in [0, 0.1) is 11.7 Å². The molecule has 3 nitrogen and oxygen atoms in total. The summed E-state index contributed by atoms with van der Waals surface area (Å²) in [4.78, 5) is 13.9. The zero-order chi connectivity index (χ0) is 14.5. The Morgan fingerprint density at radius 1 is 1.55 bits per heavy atom. The van der Waals surface area contributed by atoms with Crippen molar-refractivity contribution in [1.82, 2.24) is 4.90 Å². The van der Waals surface area contributed by atoms with E-state index in [1.54, 1.807) is 6.07 Å². The summed E-state index contributed by atoms with van der Waals surface area (Å²) in [5.41, 5.74) is 0.760. The molecule has 1 fully saturated rings. The fraction of sp³-hybridized carbons (Fsp3) is 0.533. The van der Waals surface area contributed by atoms with E-state index in [1.807, 2.05) is 6.92 Å². The van der Waals surface area contributed by atoms with E-state index in [9.17, 15) is 9.18 Å². The van der Waals surface area contributed by atoms with Crippen molar-refractivity contribution in [1.29, 1.82) is 0 Å². The van der Waals surface area contributed by atoms with Gasteiger partial charge in [0.25, 0.3) is 0 Å². The standard InChI is InChI=1S/C15H19ClFNO2/c1-2-20-15(19)11-4-3-7-18(9-11)10-12-8-13(17)5-6-14(12)16/h5-6,8,11H,2-4,7,9-10H2,1H3. The highest BCUT2D eigenvalue weighted by Crippen LogP contribution is 2.23. The molecule has 2 rings (SSSR count). The number of benzene rings is 1. The molecule has 0 N–H and O–H groups in total. The molecule has 0 radical (unpaired) electrons. The first-order valence-corrected chi connectivity index (χ1v) is 7.31. The maximum atomic E-state index is 13.3. The first-order valence-electron chi connectivity index (χ1n) is 6.93. The van der Waals surface area contributed by atoms with Crippen LogP contribution in [0.4, 0.5) is 4.39 Å². The van der Waals surface area contributed by atoms with Crippen molar-refractivity contribution < 1.29 is 13.9 Å². The normalized spacial score (nSPS) is 19.9. The molecule has 1 aliphatic heterocycles. The monoisotopic (exact) mass is 299 g/mol. The highest BCUT2D eigenvalue weighted by molar-refractivity contribution is 6.31. The summed E-state index contributed by atoms with van der Waals surface area (Å²) in [5, 5.41) is 0.560. The minimum atomic E-state index is -0.289. The molecule has 1 heterocycles. The van der Waals surface area contributed by atoms with Crippen molar-refractivity contribution in [2.45, 2.75) is 26.3 Å². The fourth-order valence-electron chi connectivity index (χ4n) is 2.56. The van der Waals surface area contributed by atoms with Gasteiger partial charge in [0.15, 0.2) is 0 Å². The van der Waals surface area contributed by atoms with Gasteiger partial charge in [-0.2, -0.15) is 0 Å². The Balaban J connectivity index is 1.99. The highest BCUT2D eigenvalue weighted by Gasteiger charge is 2.27. The Hall–Kier alpha value is -1.13. The Labute approximate surface area is 123 Å². The summed E-state index contributed by atoms with van der Waals surface area (Å²) in [5.74, 6) is -0.512. The summed E-state index contributed by atoms with van der Waals surface area (Å²) in [6.07, 6.45) is 1.79. The largest absolute Gasteiger partial charge is 0.466 e. The molecular weight excluding hydrogens is 281 g/mol. The van der Waals surface area contributed by atoms with Crippen molar-refractivity contribution >= 4 is 17.6 Å². The van der Waals surface area contributed by atoms with Crippen molar-refractivity contribution in [2.24, 2.45) is 5.92 Å². The van der Waals surface area contributed by atoms with Gasteiger partial charge < -0.3 is 4.74 Å². The number of rotatable bonds is 4. The lowest BCUT2D eigenvalue weighted by atomic mass is 9.97. The SMILES string of the molecule is CCOC(=O)C1CCCN(Cc2cc(F)ccc2Cl)C1. The first-order chi connectivity index (χ1) is 9.60. The number of piperidine rings is 1. The van der Waals surface area contributed by atoms with Crippen LogP contribution in [0.1, 0.15) is 25.3 Å². The Bertz CT molecular complexity index is 481. The van der Waals surface area contributed by atoms with Gasteiger partial charge in [-0.1, -0.05) is 11.6 Å². The van der Waals surface area contributed by atoms with Crippen molar-refractivity contribution in [3.05, 3.63) is 34.6 Å². The number of esters is 1. The highest BCUT2D eigenvalue weighted by atomic mass is 35.5. The number of hydrogen-bond acceptors (Lipinski definition) is 3. The predicted octanol–water partition coefficient (Wildman–Crippen LogP) is 3.25. The topological polar surface area (TPSA) is 29.5 Å². The number of ether oxygens (including phenoxy) is 1. The van der Waals surface area contributed by atoms with E-state index in [2.05, 4.69) is 4.90 Å². The Morgan fingerprint density at radius 2 is 2.35 bits per heavy atom. The van der Waals surface area contributed by atoms with Crippen molar-refractivity contribution in [3.63, 3.8) is 0 Å². The van der Waals surface area contributed by atoms with Gasteiger partial charge in [-0.3, -0.25) is 9.69 Å². The second kappa shape index (κ2) is 7.04. The molecule has 1 saturated heterocycles. The van der Waals surface area contributed by atoms with Crippen molar-refractivity contribution in [2.75, 3.05) is 19.7 Å². The van der Waals surface area contributed by atoms with Crippen LogP contribution in [0.15, 0.2) is 18.2 Å². The van der Waals surface area contributed by atoms with E-state index in [-0.39, 0.29) is 17.7 Å². The summed E-state index contributed by atoms with van der Waals surface area (Å²) >= 11 is 6.08. The molecule has 0 aliphatic carbocycles. The molecule has 20 heavy (non-hydrogen) atoms. The molecule has 0 spiro atoms. The van der Waals surface area contributed by atoms with Crippen LogP contribution >= 0.6 is 11.6 Å². The molecule has 1 unspecified atom stereocenters. The van der Waals surface area contributed by atoms with Gasteiger partial charge in [0, 0.05) is 18.1 Å². The smallest absolute Gasteiger partial charge is 0.310 e. The van der Waals surface area contributed by atoms with Gasteiger partial charge in [-0.05, 0) is 50.1 Å². The van der Waals surface area contributed by atoms with Crippen LogP contribution in [0.5, 0.6) is 0 Å². The molecule has 0 aromatic heterocycles. The molecule has 1 atom stereocenters. The van der Waals surface area contributed by atoms with Gasteiger partial charge in [-0.15, -0.1) is 0 Å². The van der Waals surface area contributed by atoms with E-state index in [0.717, 1.165) is 24.9 Å². The lowest BCUT2D eigenvalue weighted by molar-refractivity contribution is -0.150. The zero-order valence-electron chi connectivity index (χ0n) is 11.6. The van der Waals surface area contributed by atoms with E-state index in [4.69, 9.17) is 16.3 Å². The van der Waals surface area contributed by atoms with E-state index < -0.39 is 0 Å². The number of nitrogens with zero attached hydrogens (tertiary/aromatic N) is 1. The first kappa shape index (κ1) is 15.3. The molecule has 0 amide bonds. The summed E-state index contributed by atoms with van der Waals surface area (Å²) in [6, 6.07) is 4.37. The summed E-state index contributed by atoms with van der Waals surface area (Å²) in [6.45, 7) is 4.32. The van der Waals surface area contributed by atoms with Crippen LogP contribution in [0.3, 0.4) is 0 Å². The van der Waals surface area contributed by atoms with Crippen LogP contribution < -0.4 is 0 Å². The number of hydrogen-bond donors (Lipinski definition) is 0. The van der Waals surface area contributed by atoms with Gasteiger partial charge in [0.05, 0.1) is 12.5 Å². The molecule has 5 heteroatoms. The quantitative estimate of drug-likeness (QED) is 0.799. The molecule has 0 bridgehead atoms. The second-order valence-electron chi connectivity index (χ2n) is 5.06. The molecular formula is C15H19ClFNO2. The van der Waals surface area contributed by atoms with Crippen LogP contribution in [0.2, 0.25) is 5.02 Å². The third-order valence-electron chi connectivity index (χ3n) is 3.53. The van der Waals surface area contributed by atoms with Gasteiger partial charge >= 0.3 is 5.97 Å². The Morgan fingerprint density at radius 3 is 3.10 bits per heavy atom. The maximum Gasteiger partial charge on any atom is 0.310 e. The van der Waals surface area contributed by atoms with Crippen LogP contribution in [-0.4, -0.2) is 30.6 Å². The molecule has 0 saturated carbocycles. The average molecular weight is 300 g/mol. The number of likely N-dealkylation sites (tertiary alicyclic amines) is 1. The molecule has 1 aliphatic rings. The second-order valence-corrected chi connectivity index (χ2v) is 5.47. The fourth-order valence-corrected chi connectivity index (χ4v) is 2.73. The van der Waals surface area contributed by atoms with Gasteiger partial charge in [0.2, 0.25) is 0 Å². The summed E-state index contributed by atoms with van der Waals surface area (Å²) < 4.78 is 18.3.